The lowest BCUT2D eigenvalue weighted by Gasteiger charge is -2.44. The van der Waals surface area contributed by atoms with E-state index in [0.717, 1.165) is 45.1 Å². The SMILES string of the molecule is CCCCN(C(=O)C1(CN)CCC1)C(C)CC. The highest BCUT2D eigenvalue weighted by Gasteiger charge is 2.45. The molecule has 1 aliphatic rings. The van der Waals surface area contributed by atoms with E-state index in [1.807, 2.05) is 0 Å². The summed E-state index contributed by atoms with van der Waals surface area (Å²) in [4.78, 5) is 14.7. The van der Waals surface area contributed by atoms with Gasteiger partial charge in [0.2, 0.25) is 5.91 Å². The molecule has 0 aromatic carbocycles. The van der Waals surface area contributed by atoms with Crippen LogP contribution in [0.3, 0.4) is 0 Å². The van der Waals surface area contributed by atoms with Crippen molar-refractivity contribution in [3.63, 3.8) is 0 Å². The van der Waals surface area contributed by atoms with Crippen molar-refractivity contribution in [1.82, 2.24) is 4.90 Å². The van der Waals surface area contributed by atoms with E-state index in [1.54, 1.807) is 0 Å². The van der Waals surface area contributed by atoms with Gasteiger partial charge in [-0.05, 0) is 32.6 Å². The van der Waals surface area contributed by atoms with E-state index < -0.39 is 0 Å². The zero-order valence-corrected chi connectivity index (χ0v) is 11.7. The maximum Gasteiger partial charge on any atom is 0.230 e. The van der Waals surface area contributed by atoms with Gasteiger partial charge in [-0.15, -0.1) is 0 Å². The smallest absolute Gasteiger partial charge is 0.230 e. The van der Waals surface area contributed by atoms with Gasteiger partial charge in [0.1, 0.15) is 0 Å². The van der Waals surface area contributed by atoms with Gasteiger partial charge in [0.05, 0.1) is 5.41 Å². The molecule has 0 heterocycles. The first-order chi connectivity index (χ1) is 8.11. The minimum absolute atomic E-state index is 0.211. The van der Waals surface area contributed by atoms with Gasteiger partial charge in [-0.25, -0.2) is 0 Å². The lowest BCUT2D eigenvalue weighted by atomic mass is 9.67. The molecule has 0 spiro atoms. The average molecular weight is 240 g/mol. The Morgan fingerprint density at radius 3 is 2.41 bits per heavy atom. The molecule has 1 atom stereocenters. The predicted molar refractivity (Wildman–Crippen MR) is 71.7 cm³/mol. The second-order valence-electron chi connectivity index (χ2n) is 5.45. The topological polar surface area (TPSA) is 46.3 Å². The van der Waals surface area contributed by atoms with Gasteiger partial charge in [-0.3, -0.25) is 4.79 Å². The van der Waals surface area contributed by atoms with Crippen LogP contribution in [0.15, 0.2) is 0 Å². The summed E-state index contributed by atoms with van der Waals surface area (Å²) < 4.78 is 0. The van der Waals surface area contributed by atoms with Crippen molar-refractivity contribution in [2.45, 2.75) is 65.3 Å². The standard InChI is InChI=1S/C14H28N2O/c1-4-6-10-16(12(3)5-2)13(17)14(11-15)8-7-9-14/h12H,4-11,15H2,1-3H3. The fourth-order valence-corrected chi connectivity index (χ4v) is 2.48. The third-order valence-electron chi connectivity index (χ3n) is 4.29. The summed E-state index contributed by atoms with van der Waals surface area (Å²) >= 11 is 0. The molecule has 17 heavy (non-hydrogen) atoms. The number of amides is 1. The zero-order chi connectivity index (χ0) is 12.9. The molecule has 100 valence electrons. The molecule has 0 aromatic rings. The van der Waals surface area contributed by atoms with E-state index in [2.05, 4.69) is 25.7 Å². The van der Waals surface area contributed by atoms with Crippen LogP contribution in [0.25, 0.3) is 0 Å². The highest BCUT2D eigenvalue weighted by molar-refractivity contribution is 5.84. The van der Waals surface area contributed by atoms with Gasteiger partial charge in [-0.2, -0.15) is 0 Å². The highest BCUT2D eigenvalue weighted by atomic mass is 16.2. The van der Waals surface area contributed by atoms with Crippen LogP contribution in [0.2, 0.25) is 0 Å². The van der Waals surface area contributed by atoms with Crippen LogP contribution >= 0.6 is 0 Å². The van der Waals surface area contributed by atoms with Crippen LogP contribution in [0.1, 0.15) is 59.3 Å². The Hall–Kier alpha value is -0.570. The van der Waals surface area contributed by atoms with Gasteiger partial charge >= 0.3 is 0 Å². The van der Waals surface area contributed by atoms with Crippen molar-refractivity contribution >= 4 is 5.91 Å². The monoisotopic (exact) mass is 240 g/mol. The van der Waals surface area contributed by atoms with E-state index >= 15 is 0 Å². The Morgan fingerprint density at radius 2 is 2.06 bits per heavy atom. The second-order valence-corrected chi connectivity index (χ2v) is 5.45. The summed E-state index contributed by atoms with van der Waals surface area (Å²) in [6.07, 6.45) is 6.39. The number of rotatable bonds is 7. The first-order valence-corrected chi connectivity index (χ1v) is 7.12. The van der Waals surface area contributed by atoms with Crippen molar-refractivity contribution in [2.24, 2.45) is 11.1 Å². The molecule has 2 N–H and O–H groups in total. The van der Waals surface area contributed by atoms with Crippen LogP contribution in [0.4, 0.5) is 0 Å². The quantitative estimate of drug-likeness (QED) is 0.743. The average Bonchev–Trinajstić information content (AvgIpc) is 2.28. The van der Waals surface area contributed by atoms with Crippen molar-refractivity contribution in [3.05, 3.63) is 0 Å². The molecule has 1 rings (SSSR count). The van der Waals surface area contributed by atoms with E-state index in [1.165, 1.54) is 0 Å². The minimum atomic E-state index is -0.211. The highest BCUT2D eigenvalue weighted by Crippen LogP contribution is 2.42. The van der Waals surface area contributed by atoms with Crippen molar-refractivity contribution < 1.29 is 4.79 Å². The molecule has 0 bridgehead atoms. The normalized spacial score (nSPS) is 19.5. The fourth-order valence-electron chi connectivity index (χ4n) is 2.48. The van der Waals surface area contributed by atoms with Crippen molar-refractivity contribution in [3.8, 4) is 0 Å². The van der Waals surface area contributed by atoms with Crippen LogP contribution in [-0.4, -0.2) is 29.9 Å². The molecular weight excluding hydrogens is 212 g/mol. The Labute approximate surface area is 106 Å². The molecular formula is C14H28N2O. The number of hydrogen-bond donors (Lipinski definition) is 1. The molecule has 1 aliphatic carbocycles. The lowest BCUT2D eigenvalue weighted by Crippen LogP contribution is -2.54. The molecule has 1 unspecified atom stereocenters. The van der Waals surface area contributed by atoms with E-state index in [-0.39, 0.29) is 5.41 Å². The van der Waals surface area contributed by atoms with Crippen LogP contribution < -0.4 is 5.73 Å². The number of carbonyl (C=O) groups excluding carboxylic acids is 1. The first kappa shape index (κ1) is 14.5. The third-order valence-corrected chi connectivity index (χ3v) is 4.29. The van der Waals surface area contributed by atoms with Crippen molar-refractivity contribution in [2.75, 3.05) is 13.1 Å². The minimum Gasteiger partial charge on any atom is -0.339 e. The van der Waals surface area contributed by atoms with Gasteiger partial charge in [-0.1, -0.05) is 26.7 Å². The summed E-state index contributed by atoms with van der Waals surface area (Å²) in [5.41, 5.74) is 5.62. The summed E-state index contributed by atoms with van der Waals surface area (Å²) in [6.45, 7) is 7.88. The van der Waals surface area contributed by atoms with E-state index in [4.69, 9.17) is 5.73 Å². The summed E-state index contributed by atoms with van der Waals surface area (Å²) in [5.74, 6) is 0.314. The van der Waals surface area contributed by atoms with Gasteiger partial charge < -0.3 is 10.6 Å². The first-order valence-electron chi connectivity index (χ1n) is 7.12. The number of hydrogen-bond acceptors (Lipinski definition) is 2. The van der Waals surface area contributed by atoms with E-state index in [0.29, 0.717) is 18.5 Å². The molecule has 0 saturated heterocycles. The lowest BCUT2D eigenvalue weighted by molar-refractivity contribution is -0.149. The van der Waals surface area contributed by atoms with Crippen LogP contribution in [0.5, 0.6) is 0 Å². The maximum absolute atomic E-state index is 12.6. The molecule has 1 amide bonds. The predicted octanol–water partition coefficient (Wildman–Crippen LogP) is 2.54. The molecule has 3 heteroatoms. The molecule has 1 fully saturated rings. The molecule has 0 radical (unpaired) electrons. The van der Waals surface area contributed by atoms with Gasteiger partial charge in [0, 0.05) is 19.1 Å². The fraction of sp³-hybridized carbons (Fsp3) is 0.929. The Kier molecular flexibility index (Phi) is 5.44. The number of unbranched alkanes of at least 4 members (excludes halogenated alkanes) is 1. The molecule has 0 aliphatic heterocycles. The number of carbonyl (C=O) groups is 1. The van der Waals surface area contributed by atoms with Gasteiger partial charge in [0.25, 0.3) is 0 Å². The van der Waals surface area contributed by atoms with Crippen LogP contribution in [0, 0.1) is 5.41 Å². The number of nitrogens with two attached hydrogens (primary N) is 1. The summed E-state index contributed by atoms with van der Waals surface area (Å²) in [6, 6.07) is 0.345. The largest absolute Gasteiger partial charge is 0.339 e. The molecule has 1 saturated carbocycles. The van der Waals surface area contributed by atoms with Crippen molar-refractivity contribution in [1.29, 1.82) is 0 Å². The Morgan fingerprint density at radius 1 is 1.41 bits per heavy atom. The second kappa shape index (κ2) is 6.39. The molecule has 0 aromatic heterocycles. The summed E-state index contributed by atoms with van der Waals surface area (Å²) in [7, 11) is 0. The Balaban J connectivity index is 2.71. The van der Waals surface area contributed by atoms with Crippen LogP contribution in [-0.2, 0) is 4.79 Å². The summed E-state index contributed by atoms with van der Waals surface area (Å²) in [5, 5.41) is 0. The zero-order valence-electron chi connectivity index (χ0n) is 11.7. The number of nitrogens with zero attached hydrogens (tertiary/aromatic N) is 1. The van der Waals surface area contributed by atoms with Gasteiger partial charge in [0.15, 0.2) is 0 Å². The molecule has 3 nitrogen and oxygen atoms in total. The Bertz CT molecular complexity index is 243. The maximum atomic E-state index is 12.6. The third kappa shape index (κ3) is 3.01. The van der Waals surface area contributed by atoms with E-state index in [9.17, 15) is 4.79 Å².